The van der Waals surface area contributed by atoms with Crippen LogP contribution < -0.4 is 11.0 Å². The maximum absolute atomic E-state index is 3.93. The third kappa shape index (κ3) is 0.661. The number of rotatable bonds is 0. The standard InChI is InChI=1S/C4H4N6/c1-2-6-4-3(5-1)7-9-10-8-4/h1-2H,(H,5,7,10)(H,6,8,9). The molecule has 2 N–H and O–H groups in total. The molecule has 2 rings (SSSR count). The molecule has 1 aromatic heterocycles. The van der Waals surface area contributed by atoms with Crippen molar-refractivity contribution < 1.29 is 0 Å². The molecule has 6 heteroatoms. The molecule has 0 atom stereocenters. The lowest BCUT2D eigenvalue weighted by molar-refractivity contribution is 0.765. The van der Waals surface area contributed by atoms with Crippen molar-refractivity contribution in [2.24, 2.45) is 10.3 Å². The van der Waals surface area contributed by atoms with Crippen LogP contribution in [0.15, 0.2) is 22.7 Å². The Labute approximate surface area is 56.4 Å². The molecule has 0 fully saturated rings. The van der Waals surface area contributed by atoms with E-state index in [1.807, 2.05) is 0 Å². The Kier molecular flexibility index (Phi) is 0.970. The van der Waals surface area contributed by atoms with Crippen molar-refractivity contribution >= 4 is 11.6 Å². The maximum atomic E-state index is 3.93. The summed E-state index contributed by atoms with van der Waals surface area (Å²) in [7, 11) is 0. The van der Waals surface area contributed by atoms with E-state index in [-0.39, 0.29) is 0 Å². The Morgan fingerprint density at radius 2 is 2.10 bits per heavy atom. The summed E-state index contributed by atoms with van der Waals surface area (Å²) in [6.45, 7) is 0. The quantitative estimate of drug-likeness (QED) is 0.541. The van der Waals surface area contributed by atoms with Crippen molar-refractivity contribution in [1.82, 2.24) is 15.5 Å². The van der Waals surface area contributed by atoms with Gasteiger partial charge in [0.25, 0.3) is 0 Å². The zero-order valence-corrected chi connectivity index (χ0v) is 4.94. The van der Waals surface area contributed by atoms with Crippen molar-refractivity contribution in [3.63, 3.8) is 0 Å². The number of aromatic nitrogens is 2. The summed E-state index contributed by atoms with van der Waals surface area (Å²) in [4.78, 5) is 7.82. The number of nitrogens with zero attached hydrogens (tertiary/aromatic N) is 4. The fourth-order valence-corrected chi connectivity index (χ4v) is 0.642. The third-order valence-corrected chi connectivity index (χ3v) is 1.05. The molecule has 1 aliphatic heterocycles. The SMILES string of the molecule is c1cnc2c(n1)N=NNN2. The fourth-order valence-electron chi connectivity index (χ4n) is 0.642. The first kappa shape index (κ1) is 5.10. The van der Waals surface area contributed by atoms with Gasteiger partial charge in [0.05, 0.1) is 0 Å². The topological polar surface area (TPSA) is 74.6 Å². The molecule has 0 aromatic carbocycles. The van der Waals surface area contributed by atoms with Crippen LogP contribution in [-0.2, 0) is 0 Å². The number of fused-ring (bicyclic) bond motifs is 1. The second kappa shape index (κ2) is 1.90. The molecule has 6 nitrogen and oxygen atoms in total. The number of anilines is 1. The van der Waals surface area contributed by atoms with Crippen LogP contribution in [0.2, 0.25) is 0 Å². The third-order valence-electron chi connectivity index (χ3n) is 1.05. The zero-order valence-electron chi connectivity index (χ0n) is 4.94. The minimum atomic E-state index is 0.501. The molecule has 1 aromatic rings. The normalized spacial score (nSPS) is 13.2. The van der Waals surface area contributed by atoms with Gasteiger partial charge in [-0.15, -0.1) is 5.11 Å². The van der Waals surface area contributed by atoms with Crippen molar-refractivity contribution in [3.8, 4) is 0 Å². The average molecular weight is 136 g/mol. The van der Waals surface area contributed by atoms with Crippen LogP contribution in [0, 0.1) is 0 Å². The highest BCUT2D eigenvalue weighted by atomic mass is 15.6. The summed E-state index contributed by atoms with van der Waals surface area (Å²) in [6, 6.07) is 0. The van der Waals surface area contributed by atoms with E-state index in [1.165, 1.54) is 0 Å². The second-order valence-electron chi connectivity index (χ2n) is 1.67. The zero-order chi connectivity index (χ0) is 6.81. The van der Waals surface area contributed by atoms with E-state index in [2.05, 4.69) is 31.3 Å². The van der Waals surface area contributed by atoms with Crippen molar-refractivity contribution in [3.05, 3.63) is 12.4 Å². The van der Waals surface area contributed by atoms with Gasteiger partial charge in [0.2, 0.25) is 5.82 Å². The van der Waals surface area contributed by atoms with Gasteiger partial charge in [0.15, 0.2) is 5.82 Å². The lowest BCUT2D eigenvalue weighted by Gasteiger charge is -2.07. The Balaban J connectivity index is 2.54. The van der Waals surface area contributed by atoms with Gasteiger partial charge in [0.1, 0.15) is 0 Å². The minimum absolute atomic E-state index is 0.501. The van der Waals surface area contributed by atoms with Crippen LogP contribution in [0.1, 0.15) is 0 Å². The highest BCUT2D eigenvalue weighted by molar-refractivity contribution is 5.53. The predicted octanol–water partition coefficient (Wildman–Crippen LogP) is 0.405. The minimum Gasteiger partial charge on any atom is -0.264 e. The molecule has 0 amide bonds. The van der Waals surface area contributed by atoms with E-state index in [9.17, 15) is 0 Å². The van der Waals surface area contributed by atoms with E-state index >= 15 is 0 Å². The lowest BCUT2D eigenvalue weighted by atomic mass is 10.6. The Morgan fingerprint density at radius 1 is 1.20 bits per heavy atom. The largest absolute Gasteiger partial charge is 0.264 e. The van der Waals surface area contributed by atoms with E-state index < -0.39 is 0 Å². The molecule has 10 heavy (non-hydrogen) atoms. The van der Waals surface area contributed by atoms with E-state index in [1.54, 1.807) is 12.4 Å². The van der Waals surface area contributed by atoms with E-state index in [0.29, 0.717) is 11.6 Å². The van der Waals surface area contributed by atoms with E-state index in [4.69, 9.17) is 0 Å². The van der Waals surface area contributed by atoms with Crippen LogP contribution in [0.25, 0.3) is 0 Å². The van der Waals surface area contributed by atoms with Crippen molar-refractivity contribution in [2.45, 2.75) is 0 Å². The molecular weight excluding hydrogens is 132 g/mol. The molecule has 1 aliphatic rings. The van der Waals surface area contributed by atoms with Gasteiger partial charge in [-0.1, -0.05) is 5.22 Å². The van der Waals surface area contributed by atoms with Crippen LogP contribution >= 0.6 is 0 Å². The summed E-state index contributed by atoms with van der Waals surface area (Å²) >= 11 is 0. The number of hydrazine groups is 1. The number of hydrogen-bond acceptors (Lipinski definition) is 6. The summed E-state index contributed by atoms with van der Waals surface area (Å²) in [6.07, 6.45) is 3.14. The molecular formula is C4H4N6. The Bertz CT molecular complexity index is 268. The monoisotopic (exact) mass is 136 g/mol. The van der Waals surface area contributed by atoms with Crippen LogP contribution in [0.4, 0.5) is 11.6 Å². The van der Waals surface area contributed by atoms with Crippen LogP contribution in [0.5, 0.6) is 0 Å². The highest BCUT2D eigenvalue weighted by Gasteiger charge is 2.05. The predicted molar refractivity (Wildman–Crippen MR) is 33.3 cm³/mol. The number of hydrogen-bond donors (Lipinski definition) is 2. The molecule has 0 saturated carbocycles. The first-order valence-corrected chi connectivity index (χ1v) is 2.69. The van der Waals surface area contributed by atoms with Gasteiger partial charge >= 0.3 is 0 Å². The van der Waals surface area contributed by atoms with Crippen molar-refractivity contribution in [2.75, 3.05) is 5.43 Å². The summed E-state index contributed by atoms with van der Waals surface area (Å²) in [5.74, 6) is 1.10. The van der Waals surface area contributed by atoms with Crippen LogP contribution in [-0.4, -0.2) is 9.97 Å². The lowest BCUT2D eigenvalue weighted by Crippen LogP contribution is -2.17. The van der Waals surface area contributed by atoms with E-state index in [0.717, 1.165) is 0 Å². The fraction of sp³-hybridized carbons (Fsp3) is 0. The van der Waals surface area contributed by atoms with Gasteiger partial charge in [0, 0.05) is 12.4 Å². The second-order valence-corrected chi connectivity index (χ2v) is 1.67. The molecule has 0 saturated heterocycles. The first-order chi connectivity index (χ1) is 4.97. The maximum Gasteiger partial charge on any atom is 0.220 e. The Hall–Kier alpha value is -1.72. The molecule has 50 valence electrons. The molecule has 0 radical (unpaired) electrons. The summed E-state index contributed by atoms with van der Waals surface area (Å²) in [5.41, 5.74) is 5.13. The van der Waals surface area contributed by atoms with Gasteiger partial charge in [-0.25, -0.2) is 15.5 Å². The molecule has 0 bridgehead atoms. The summed E-state index contributed by atoms with van der Waals surface area (Å²) in [5, 5.41) is 7.15. The summed E-state index contributed by atoms with van der Waals surface area (Å²) < 4.78 is 0. The van der Waals surface area contributed by atoms with Gasteiger partial charge in [-0.3, -0.25) is 5.43 Å². The first-order valence-electron chi connectivity index (χ1n) is 2.69. The van der Waals surface area contributed by atoms with Gasteiger partial charge in [-0.05, 0) is 0 Å². The molecule has 2 heterocycles. The van der Waals surface area contributed by atoms with Gasteiger partial charge < -0.3 is 0 Å². The highest BCUT2D eigenvalue weighted by Crippen LogP contribution is 2.18. The molecule has 0 spiro atoms. The Morgan fingerprint density at radius 3 is 3.00 bits per heavy atom. The molecule has 0 aliphatic carbocycles. The smallest absolute Gasteiger partial charge is 0.220 e. The van der Waals surface area contributed by atoms with Gasteiger partial charge in [-0.2, -0.15) is 0 Å². The number of nitrogens with one attached hydrogen (secondary N) is 2. The average Bonchev–Trinajstić information content (AvgIpc) is 2.05. The van der Waals surface area contributed by atoms with Crippen molar-refractivity contribution in [1.29, 1.82) is 0 Å². The van der Waals surface area contributed by atoms with Crippen LogP contribution in [0.3, 0.4) is 0 Å². The molecule has 0 unspecified atom stereocenters.